The van der Waals surface area contributed by atoms with E-state index in [1.807, 2.05) is 0 Å². The summed E-state index contributed by atoms with van der Waals surface area (Å²) in [6, 6.07) is 12.3. The van der Waals surface area contributed by atoms with Gasteiger partial charge in [0.15, 0.2) is 0 Å². The van der Waals surface area contributed by atoms with E-state index in [9.17, 15) is 0 Å². The summed E-state index contributed by atoms with van der Waals surface area (Å²) in [5, 5.41) is 0. The molecule has 0 amide bonds. The zero-order chi connectivity index (χ0) is 19.4. The van der Waals surface area contributed by atoms with Gasteiger partial charge < -0.3 is 34.0 Å². The van der Waals surface area contributed by atoms with E-state index < -0.39 is 23.2 Å². The first-order chi connectivity index (χ1) is 12.6. The largest absolute Gasteiger partial charge is 1.00 e. The van der Waals surface area contributed by atoms with Crippen LogP contribution in [0, 0.1) is 0 Å². The van der Waals surface area contributed by atoms with E-state index in [2.05, 4.69) is 90.1 Å². The SMILES string of the molecule is CC(C)(C)c1ccc2c(c1)-c1cc(C(C)(C)C)c[c]([Zr+2][C]3=CC=CC3)c1C2.[Br-].[Br-]. The van der Waals surface area contributed by atoms with Crippen LogP contribution < -0.4 is 37.2 Å². The fourth-order valence-corrected chi connectivity index (χ4v) is 7.31. The average Bonchev–Trinajstić information content (AvgIpc) is 3.20. The average molecular weight is 594 g/mol. The van der Waals surface area contributed by atoms with Gasteiger partial charge >= 0.3 is 177 Å². The van der Waals surface area contributed by atoms with Crippen molar-refractivity contribution in [2.24, 2.45) is 0 Å². The maximum atomic E-state index is 2.56. The van der Waals surface area contributed by atoms with Crippen LogP contribution in [0.15, 0.2) is 51.8 Å². The molecule has 0 bridgehead atoms. The number of allylic oxidation sites excluding steroid dienone is 4. The van der Waals surface area contributed by atoms with E-state index in [-0.39, 0.29) is 44.8 Å². The Morgan fingerprint density at radius 3 is 2.03 bits per heavy atom. The van der Waals surface area contributed by atoms with E-state index in [0.29, 0.717) is 0 Å². The second-order valence-corrected chi connectivity index (χ2v) is 13.6. The van der Waals surface area contributed by atoms with Crippen molar-refractivity contribution >= 4 is 3.27 Å². The van der Waals surface area contributed by atoms with E-state index in [1.165, 1.54) is 34.2 Å². The number of fused-ring (bicyclic) bond motifs is 3. The molecule has 2 aromatic rings. The van der Waals surface area contributed by atoms with Gasteiger partial charge in [0.05, 0.1) is 0 Å². The van der Waals surface area contributed by atoms with Gasteiger partial charge in [-0.05, 0) is 0 Å². The molecule has 0 aliphatic heterocycles. The molecule has 0 nitrogen and oxygen atoms in total. The molecule has 0 atom stereocenters. The zero-order valence-electron chi connectivity index (χ0n) is 18.3. The third-order valence-corrected chi connectivity index (χ3v) is 9.28. The Morgan fingerprint density at radius 1 is 0.793 bits per heavy atom. The van der Waals surface area contributed by atoms with Crippen molar-refractivity contribution in [1.29, 1.82) is 0 Å². The molecule has 3 heteroatoms. The summed E-state index contributed by atoms with van der Waals surface area (Å²) in [5.74, 6) is 0. The number of hydrogen-bond donors (Lipinski definition) is 0. The van der Waals surface area contributed by atoms with Crippen molar-refractivity contribution in [2.45, 2.75) is 65.2 Å². The van der Waals surface area contributed by atoms with Crippen LogP contribution in [0.4, 0.5) is 0 Å². The molecule has 0 saturated carbocycles. The molecule has 4 rings (SSSR count). The number of benzene rings is 2. The van der Waals surface area contributed by atoms with Crippen molar-refractivity contribution in [3.05, 3.63) is 74.1 Å². The first-order valence-corrected chi connectivity index (χ1v) is 12.5. The molecule has 29 heavy (non-hydrogen) atoms. The van der Waals surface area contributed by atoms with Gasteiger partial charge in [0, 0.05) is 0 Å². The molecule has 2 aromatic carbocycles. The summed E-state index contributed by atoms with van der Waals surface area (Å²) in [6.07, 6.45) is 9.24. The van der Waals surface area contributed by atoms with E-state index >= 15 is 0 Å². The van der Waals surface area contributed by atoms with Crippen LogP contribution in [-0.2, 0) is 40.5 Å². The van der Waals surface area contributed by atoms with Gasteiger partial charge in [-0.3, -0.25) is 0 Å². The number of rotatable bonds is 2. The zero-order valence-corrected chi connectivity index (χ0v) is 23.9. The van der Waals surface area contributed by atoms with Gasteiger partial charge in [0.1, 0.15) is 0 Å². The van der Waals surface area contributed by atoms with Crippen LogP contribution in [0.1, 0.15) is 70.2 Å². The fourth-order valence-electron chi connectivity index (χ4n) is 4.00. The second-order valence-electron chi connectivity index (χ2n) is 10.0. The summed E-state index contributed by atoms with van der Waals surface area (Å²) in [5.41, 5.74) is 9.48. The fraction of sp³-hybridized carbons (Fsp3) is 0.385. The van der Waals surface area contributed by atoms with Gasteiger partial charge in [-0.25, -0.2) is 0 Å². The molecule has 0 saturated heterocycles. The molecule has 0 radical (unpaired) electrons. The number of halogens is 2. The summed E-state index contributed by atoms with van der Waals surface area (Å²) >= 11 is -0.719. The van der Waals surface area contributed by atoms with Crippen LogP contribution >= 0.6 is 0 Å². The molecule has 0 N–H and O–H groups in total. The van der Waals surface area contributed by atoms with Crippen molar-refractivity contribution in [2.75, 3.05) is 0 Å². The molecule has 152 valence electrons. The van der Waals surface area contributed by atoms with E-state index in [1.54, 1.807) is 12.1 Å². The molecule has 0 heterocycles. The standard InChI is InChI=1S/C21H25.C5H5.2BrH.Zr/c1-20(2,3)16-9-7-14-11-15-8-10-17(21(4,5)6)13-19(15)18(14)12-16;1-2-4-5-3-1;;;/h7,9-10,12-13H,11H2,1-6H3;1-3H,4H2;2*1H;/q;;;;+2/p-2. The Kier molecular flexibility index (Phi) is 7.85. The van der Waals surface area contributed by atoms with Gasteiger partial charge in [0.25, 0.3) is 0 Å². The minimum atomic E-state index is -0.719. The van der Waals surface area contributed by atoms with Gasteiger partial charge in [-0.2, -0.15) is 0 Å². The monoisotopic (exact) mass is 590 g/mol. The minimum absolute atomic E-state index is 0. The third kappa shape index (κ3) is 5.16. The quantitative estimate of drug-likeness (QED) is 0.404. The van der Waals surface area contributed by atoms with Crippen LogP contribution in [-0.4, -0.2) is 0 Å². The van der Waals surface area contributed by atoms with Crippen LogP contribution in [0.25, 0.3) is 11.1 Å². The molecule has 2 aliphatic rings. The maximum absolute atomic E-state index is 2.56. The molecule has 0 fully saturated rings. The van der Waals surface area contributed by atoms with E-state index in [0.717, 1.165) is 6.42 Å². The van der Waals surface area contributed by atoms with Crippen molar-refractivity contribution in [1.82, 2.24) is 0 Å². The molecule has 2 aliphatic carbocycles. The Balaban J connectivity index is 0.00000150. The van der Waals surface area contributed by atoms with E-state index in [4.69, 9.17) is 0 Å². The summed E-state index contributed by atoms with van der Waals surface area (Å²) in [7, 11) is 0. The van der Waals surface area contributed by atoms with Gasteiger partial charge in [-0.1, -0.05) is 0 Å². The van der Waals surface area contributed by atoms with Crippen molar-refractivity contribution in [3.63, 3.8) is 0 Å². The Bertz CT molecular complexity index is 969. The smallest absolute Gasteiger partial charge is 1.00 e. The van der Waals surface area contributed by atoms with Crippen molar-refractivity contribution < 1.29 is 57.2 Å². The number of hydrogen-bond acceptors (Lipinski definition) is 0. The maximum Gasteiger partial charge on any atom is -1.00 e. The molecule has 0 spiro atoms. The first kappa shape index (κ1) is 25.0. The van der Waals surface area contributed by atoms with Crippen LogP contribution in [0.3, 0.4) is 0 Å². The van der Waals surface area contributed by atoms with Gasteiger partial charge in [0.2, 0.25) is 0 Å². The predicted octanol–water partition coefficient (Wildman–Crippen LogP) is 0.412. The Hall–Kier alpha value is -0.237. The topological polar surface area (TPSA) is 0 Å². The Labute approximate surface area is 209 Å². The van der Waals surface area contributed by atoms with Crippen LogP contribution in [0.5, 0.6) is 0 Å². The minimum Gasteiger partial charge on any atom is -1.00 e. The van der Waals surface area contributed by atoms with Crippen LogP contribution in [0.2, 0.25) is 0 Å². The normalized spacial score (nSPS) is 14.3. The molecule has 0 aromatic heterocycles. The molecular formula is C26H30Br2Zr. The predicted molar refractivity (Wildman–Crippen MR) is 114 cm³/mol. The Morgan fingerprint density at radius 2 is 1.45 bits per heavy atom. The van der Waals surface area contributed by atoms with Gasteiger partial charge in [-0.15, -0.1) is 0 Å². The van der Waals surface area contributed by atoms with Crippen molar-refractivity contribution in [3.8, 4) is 11.1 Å². The summed E-state index contributed by atoms with van der Waals surface area (Å²) < 4.78 is 3.41. The third-order valence-electron chi connectivity index (χ3n) is 5.82. The first-order valence-electron chi connectivity index (χ1n) is 10.1. The molecule has 0 unspecified atom stereocenters. The molecular weight excluding hydrogens is 563 g/mol. The summed E-state index contributed by atoms with van der Waals surface area (Å²) in [6.45, 7) is 14.0. The summed E-state index contributed by atoms with van der Waals surface area (Å²) in [4.78, 5) is 0. The second kappa shape index (κ2) is 9.09.